The molecule has 0 fully saturated rings. The van der Waals surface area contributed by atoms with Crippen molar-refractivity contribution in [2.45, 2.75) is 52.6 Å². The molecule has 0 aliphatic rings. The first-order chi connectivity index (χ1) is 8.10. The van der Waals surface area contributed by atoms with Crippen molar-refractivity contribution in [3.05, 3.63) is 24.0 Å². The molecule has 3 heteroatoms. The van der Waals surface area contributed by atoms with Crippen molar-refractivity contribution in [3.63, 3.8) is 0 Å². The van der Waals surface area contributed by atoms with E-state index in [1.54, 1.807) is 0 Å². The maximum absolute atomic E-state index is 5.96. The molecular formula is C14H25N3. The summed E-state index contributed by atoms with van der Waals surface area (Å²) in [6.45, 7) is 9.77. The molecule has 0 spiro atoms. The van der Waals surface area contributed by atoms with E-state index in [4.69, 9.17) is 5.73 Å². The standard InChI is InChI=1S/C14H25N3/c1-5-9-17(11(3)4)12-7-8-14(16-10-12)13(15)6-2/h7-8,10-11,13H,5-6,9,15H2,1-4H3/t13-/m0/s1. The first-order valence-electron chi connectivity index (χ1n) is 6.58. The zero-order valence-corrected chi connectivity index (χ0v) is 11.5. The lowest BCUT2D eigenvalue weighted by Gasteiger charge is -2.28. The Morgan fingerprint density at radius 1 is 1.29 bits per heavy atom. The van der Waals surface area contributed by atoms with Crippen molar-refractivity contribution < 1.29 is 0 Å². The number of nitrogens with zero attached hydrogens (tertiary/aromatic N) is 2. The number of aromatic nitrogens is 1. The van der Waals surface area contributed by atoms with Crippen LogP contribution >= 0.6 is 0 Å². The van der Waals surface area contributed by atoms with E-state index < -0.39 is 0 Å². The summed E-state index contributed by atoms with van der Waals surface area (Å²) in [5.74, 6) is 0. The topological polar surface area (TPSA) is 42.1 Å². The average Bonchev–Trinajstić information content (AvgIpc) is 2.35. The molecule has 96 valence electrons. The largest absolute Gasteiger partial charge is 0.368 e. The van der Waals surface area contributed by atoms with Gasteiger partial charge in [-0.25, -0.2) is 0 Å². The second kappa shape index (κ2) is 6.60. The van der Waals surface area contributed by atoms with Crippen molar-refractivity contribution in [2.24, 2.45) is 5.73 Å². The molecule has 0 amide bonds. The minimum Gasteiger partial charge on any atom is -0.368 e. The van der Waals surface area contributed by atoms with Crippen molar-refractivity contribution in [2.75, 3.05) is 11.4 Å². The minimum atomic E-state index is 0.0581. The molecule has 3 nitrogen and oxygen atoms in total. The van der Waals surface area contributed by atoms with Crippen LogP contribution in [0.3, 0.4) is 0 Å². The van der Waals surface area contributed by atoms with Gasteiger partial charge in [0, 0.05) is 18.6 Å². The van der Waals surface area contributed by atoms with Gasteiger partial charge in [0.1, 0.15) is 0 Å². The van der Waals surface area contributed by atoms with Crippen LogP contribution in [0.5, 0.6) is 0 Å². The summed E-state index contributed by atoms with van der Waals surface area (Å²) < 4.78 is 0. The Kier molecular flexibility index (Phi) is 5.42. The van der Waals surface area contributed by atoms with E-state index in [1.807, 2.05) is 6.20 Å². The van der Waals surface area contributed by atoms with Gasteiger partial charge in [-0.1, -0.05) is 13.8 Å². The predicted molar refractivity (Wildman–Crippen MR) is 74.2 cm³/mol. The highest BCUT2D eigenvalue weighted by molar-refractivity contribution is 5.45. The summed E-state index contributed by atoms with van der Waals surface area (Å²) in [7, 11) is 0. The van der Waals surface area contributed by atoms with Crippen LogP contribution in [0.1, 0.15) is 52.3 Å². The lowest BCUT2D eigenvalue weighted by atomic mass is 10.1. The lowest BCUT2D eigenvalue weighted by Crippen LogP contribution is -2.31. The van der Waals surface area contributed by atoms with E-state index in [0.29, 0.717) is 6.04 Å². The zero-order chi connectivity index (χ0) is 12.8. The zero-order valence-electron chi connectivity index (χ0n) is 11.5. The van der Waals surface area contributed by atoms with Crippen LogP contribution in [0, 0.1) is 0 Å². The van der Waals surface area contributed by atoms with E-state index in [1.165, 1.54) is 5.69 Å². The van der Waals surface area contributed by atoms with Gasteiger partial charge < -0.3 is 10.6 Å². The Balaban J connectivity index is 2.84. The van der Waals surface area contributed by atoms with Gasteiger partial charge >= 0.3 is 0 Å². The molecular weight excluding hydrogens is 210 g/mol. The van der Waals surface area contributed by atoms with Crippen molar-refractivity contribution >= 4 is 5.69 Å². The van der Waals surface area contributed by atoms with Crippen LogP contribution in [-0.2, 0) is 0 Å². The van der Waals surface area contributed by atoms with E-state index in [2.05, 4.69) is 49.7 Å². The van der Waals surface area contributed by atoms with Gasteiger partial charge in [-0.05, 0) is 38.8 Å². The van der Waals surface area contributed by atoms with E-state index in [-0.39, 0.29) is 6.04 Å². The summed E-state index contributed by atoms with van der Waals surface area (Å²) in [5.41, 5.74) is 8.13. The van der Waals surface area contributed by atoms with Gasteiger partial charge in [-0.2, -0.15) is 0 Å². The van der Waals surface area contributed by atoms with Crippen molar-refractivity contribution in [1.29, 1.82) is 0 Å². The first-order valence-corrected chi connectivity index (χ1v) is 6.58. The SMILES string of the molecule is CCCN(c1ccc([C@@H](N)CC)nc1)C(C)C. The second-order valence-corrected chi connectivity index (χ2v) is 4.74. The quantitative estimate of drug-likeness (QED) is 0.823. The van der Waals surface area contributed by atoms with Gasteiger partial charge in [0.2, 0.25) is 0 Å². The normalized spacial score (nSPS) is 12.8. The maximum Gasteiger partial charge on any atom is 0.0572 e. The van der Waals surface area contributed by atoms with Crippen LogP contribution < -0.4 is 10.6 Å². The Bertz CT molecular complexity index is 319. The minimum absolute atomic E-state index is 0.0581. The smallest absolute Gasteiger partial charge is 0.0572 e. The van der Waals surface area contributed by atoms with Crippen LogP contribution in [0.25, 0.3) is 0 Å². The Morgan fingerprint density at radius 3 is 2.41 bits per heavy atom. The summed E-state index contributed by atoms with van der Waals surface area (Å²) >= 11 is 0. The van der Waals surface area contributed by atoms with Gasteiger partial charge in [0.15, 0.2) is 0 Å². The molecule has 0 unspecified atom stereocenters. The van der Waals surface area contributed by atoms with Crippen LogP contribution in [0.4, 0.5) is 5.69 Å². The molecule has 0 radical (unpaired) electrons. The number of hydrogen-bond acceptors (Lipinski definition) is 3. The predicted octanol–water partition coefficient (Wildman–Crippen LogP) is 3.12. The second-order valence-electron chi connectivity index (χ2n) is 4.74. The molecule has 0 saturated heterocycles. The van der Waals surface area contributed by atoms with Crippen LogP contribution in [0.15, 0.2) is 18.3 Å². The highest BCUT2D eigenvalue weighted by Gasteiger charge is 2.11. The van der Waals surface area contributed by atoms with Crippen molar-refractivity contribution in [3.8, 4) is 0 Å². The van der Waals surface area contributed by atoms with Gasteiger partial charge in [-0.15, -0.1) is 0 Å². The maximum atomic E-state index is 5.96. The fourth-order valence-corrected chi connectivity index (χ4v) is 1.92. The summed E-state index contributed by atoms with van der Waals surface area (Å²) in [5, 5.41) is 0. The third-order valence-corrected chi connectivity index (χ3v) is 3.01. The third kappa shape index (κ3) is 3.70. The van der Waals surface area contributed by atoms with Crippen molar-refractivity contribution in [1.82, 2.24) is 4.98 Å². The number of rotatable bonds is 6. The van der Waals surface area contributed by atoms with E-state index >= 15 is 0 Å². The molecule has 0 aromatic carbocycles. The Morgan fingerprint density at radius 2 is 2.00 bits per heavy atom. The number of pyridine rings is 1. The molecule has 1 rings (SSSR count). The summed E-state index contributed by atoms with van der Waals surface area (Å²) in [6, 6.07) is 4.74. The first kappa shape index (κ1) is 14.0. The number of nitrogens with two attached hydrogens (primary N) is 1. The molecule has 1 atom stereocenters. The van der Waals surface area contributed by atoms with Gasteiger partial charge in [-0.3, -0.25) is 4.98 Å². The average molecular weight is 235 g/mol. The molecule has 0 saturated carbocycles. The molecule has 17 heavy (non-hydrogen) atoms. The molecule has 0 bridgehead atoms. The Labute approximate surface area is 105 Å². The lowest BCUT2D eigenvalue weighted by molar-refractivity contribution is 0.660. The van der Waals surface area contributed by atoms with Gasteiger partial charge in [0.05, 0.1) is 17.6 Å². The molecule has 0 aliphatic heterocycles. The monoisotopic (exact) mass is 235 g/mol. The molecule has 1 aromatic rings. The number of hydrogen-bond donors (Lipinski definition) is 1. The summed E-state index contributed by atoms with van der Waals surface area (Å²) in [4.78, 5) is 6.84. The highest BCUT2D eigenvalue weighted by atomic mass is 15.2. The molecule has 2 N–H and O–H groups in total. The highest BCUT2D eigenvalue weighted by Crippen LogP contribution is 2.19. The van der Waals surface area contributed by atoms with E-state index in [0.717, 1.165) is 25.1 Å². The molecule has 0 aliphatic carbocycles. The van der Waals surface area contributed by atoms with Crippen LogP contribution in [-0.4, -0.2) is 17.6 Å². The fourth-order valence-electron chi connectivity index (χ4n) is 1.92. The van der Waals surface area contributed by atoms with Gasteiger partial charge in [0.25, 0.3) is 0 Å². The number of anilines is 1. The molecule has 1 heterocycles. The fraction of sp³-hybridized carbons (Fsp3) is 0.643. The third-order valence-electron chi connectivity index (χ3n) is 3.01. The summed E-state index contributed by atoms with van der Waals surface area (Å²) in [6.07, 6.45) is 4.02. The van der Waals surface area contributed by atoms with E-state index in [9.17, 15) is 0 Å². The Hall–Kier alpha value is -1.09. The molecule has 1 aromatic heterocycles. The van der Waals surface area contributed by atoms with Crippen LogP contribution in [0.2, 0.25) is 0 Å².